The van der Waals surface area contributed by atoms with Crippen LogP contribution < -0.4 is 5.32 Å². The summed E-state index contributed by atoms with van der Waals surface area (Å²) in [4.78, 5) is 8.42. The summed E-state index contributed by atoms with van der Waals surface area (Å²) in [6.45, 7) is 10.5. The molecule has 2 aromatic carbocycles. The average molecular weight is 420 g/mol. The van der Waals surface area contributed by atoms with E-state index in [2.05, 4.69) is 62.3 Å². The number of aryl methyl sites for hydroxylation is 1. The lowest BCUT2D eigenvalue weighted by molar-refractivity contribution is 0.221. The van der Waals surface area contributed by atoms with Crippen LogP contribution in [0.5, 0.6) is 0 Å². The molecule has 3 atom stereocenters. The molecule has 164 valence electrons. The quantitative estimate of drug-likeness (QED) is 0.448. The van der Waals surface area contributed by atoms with Gasteiger partial charge in [-0.05, 0) is 61.6 Å². The van der Waals surface area contributed by atoms with Gasteiger partial charge in [-0.15, -0.1) is 0 Å². The van der Waals surface area contributed by atoms with E-state index in [9.17, 15) is 4.39 Å². The number of nitrogens with zero attached hydrogens (tertiary/aromatic N) is 1. The van der Waals surface area contributed by atoms with Crippen molar-refractivity contribution in [3.63, 3.8) is 0 Å². The van der Waals surface area contributed by atoms with Crippen molar-refractivity contribution in [1.82, 2.24) is 15.3 Å². The first kappa shape index (κ1) is 21.8. The van der Waals surface area contributed by atoms with Gasteiger partial charge >= 0.3 is 0 Å². The number of rotatable bonds is 7. The van der Waals surface area contributed by atoms with E-state index in [1.54, 1.807) is 6.07 Å². The van der Waals surface area contributed by atoms with Crippen LogP contribution in [-0.4, -0.2) is 16.5 Å². The number of hydrogen-bond acceptors (Lipinski definition) is 2. The third-order valence-corrected chi connectivity index (χ3v) is 6.94. The number of para-hydroxylation sites is 1. The normalized spacial score (nSPS) is 21.6. The first-order valence-corrected chi connectivity index (χ1v) is 11.5. The molecule has 4 rings (SSSR count). The fourth-order valence-electron chi connectivity index (χ4n) is 5.08. The van der Waals surface area contributed by atoms with Crippen molar-refractivity contribution in [2.75, 3.05) is 6.54 Å². The van der Waals surface area contributed by atoms with Gasteiger partial charge in [0.2, 0.25) is 0 Å². The molecule has 0 amide bonds. The lowest BCUT2D eigenvalue weighted by atomic mass is 9.70. The van der Waals surface area contributed by atoms with E-state index in [0.717, 1.165) is 35.4 Å². The summed E-state index contributed by atoms with van der Waals surface area (Å²) in [6, 6.07) is 13.3. The van der Waals surface area contributed by atoms with Gasteiger partial charge < -0.3 is 10.3 Å². The number of benzene rings is 2. The van der Waals surface area contributed by atoms with Crippen molar-refractivity contribution < 1.29 is 4.39 Å². The Balaban J connectivity index is 1.45. The molecular weight excluding hydrogens is 385 g/mol. The SMILES string of the molecule is CC1=C[C@@H](CNCc2ccccc2F)[C@H](C(C)C)C[C@H]1Cc1nc2c(C)cccc2[nH]1. The van der Waals surface area contributed by atoms with Crippen molar-refractivity contribution in [2.24, 2.45) is 23.7 Å². The summed E-state index contributed by atoms with van der Waals surface area (Å²) >= 11 is 0. The minimum atomic E-state index is -0.132. The lowest BCUT2D eigenvalue weighted by Crippen LogP contribution is -2.34. The molecule has 0 bridgehead atoms. The fraction of sp³-hybridized carbons (Fsp3) is 0.444. The monoisotopic (exact) mass is 419 g/mol. The Kier molecular flexibility index (Phi) is 6.57. The highest BCUT2D eigenvalue weighted by atomic mass is 19.1. The predicted molar refractivity (Wildman–Crippen MR) is 126 cm³/mol. The number of halogens is 1. The molecule has 0 saturated carbocycles. The fourth-order valence-corrected chi connectivity index (χ4v) is 5.08. The van der Waals surface area contributed by atoms with Crippen molar-refractivity contribution in [2.45, 2.75) is 47.1 Å². The minimum absolute atomic E-state index is 0.132. The van der Waals surface area contributed by atoms with Crippen molar-refractivity contribution >= 4 is 11.0 Å². The third kappa shape index (κ3) is 4.90. The zero-order valence-electron chi connectivity index (χ0n) is 19.1. The molecule has 0 unspecified atom stereocenters. The number of imidazole rings is 1. The smallest absolute Gasteiger partial charge is 0.127 e. The molecule has 0 spiro atoms. The number of fused-ring (bicyclic) bond motifs is 1. The second kappa shape index (κ2) is 9.35. The molecule has 0 aliphatic heterocycles. The van der Waals surface area contributed by atoms with Crippen LogP contribution in [0.25, 0.3) is 11.0 Å². The molecule has 1 aliphatic carbocycles. The van der Waals surface area contributed by atoms with Crippen LogP contribution >= 0.6 is 0 Å². The summed E-state index contributed by atoms with van der Waals surface area (Å²) in [5.74, 6) is 3.14. The number of hydrogen-bond donors (Lipinski definition) is 2. The van der Waals surface area contributed by atoms with E-state index in [1.807, 2.05) is 12.1 Å². The van der Waals surface area contributed by atoms with Crippen LogP contribution in [0, 0.1) is 36.4 Å². The molecule has 3 nitrogen and oxygen atoms in total. The van der Waals surface area contributed by atoms with Crippen molar-refractivity contribution in [3.8, 4) is 0 Å². The van der Waals surface area contributed by atoms with E-state index in [1.165, 1.54) is 23.6 Å². The van der Waals surface area contributed by atoms with E-state index >= 15 is 0 Å². The van der Waals surface area contributed by atoms with Gasteiger partial charge in [0.1, 0.15) is 11.6 Å². The van der Waals surface area contributed by atoms with Crippen LogP contribution in [0.2, 0.25) is 0 Å². The maximum absolute atomic E-state index is 13.9. The Labute approximate surface area is 185 Å². The van der Waals surface area contributed by atoms with Crippen LogP contribution in [0.4, 0.5) is 4.39 Å². The van der Waals surface area contributed by atoms with Crippen LogP contribution in [-0.2, 0) is 13.0 Å². The molecule has 0 saturated heterocycles. The average Bonchev–Trinajstić information content (AvgIpc) is 3.15. The van der Waals surface area contributed by atoms with E-state index < -0.39 is 0 Å². The van der Waals surface area contributed by atoms with Gasteiger partial charge in [0, 0.05) is 25.1 Å². The van der Waals surface area contributed by atoms with E-state index in [4.69, 9.17) is 4.98 Å². The minimum Gasteiger partial charge on any atom is -0.342 e. The van der Waals surface area contributed by atoms with Crippen molar-refractivity contribution in [1.29, 1.82) is 0 Å². The Morgan fingerprint density at radius 3 is 2.68 bits per heavy atom. The molecule has 4 heteroatoms. The maximum Gasteiger partial charge on any atom is 0.127 e. The summed E-state index contributed by atoms with van der Waals surface area (Å²) in [6.07, 6.45) is 4.58. The Morgan fingerprint density at radius 1 is 1.13 bits per heavy atom. The van der Waals surface area contributed by atoms with E-state index in [-0.39, 0.29) is 5.82 Å². The van der Waals surface area contributed by atoms with Gasteiger partial charge in [-0.2, -0.15) is 0 Å². The van der Waals surface area contributed by atoms with Crippen LogP contribution in [0.15, 0.2) is 54.1 Å². The van der Waals surface area contributed by atoms with Gasteiger partial charge in [-0.3, -0.25) is 0 Å². The number of aromatic nitrogens is 2. The molecule has 3 aromatic rings. The van der Waals surface area contributed by atoms with Gasteiger partial charge in [0.25, 0.3) is 0 Å². The largest absolute Gasteiger partial charge is 0.342 e. The molecule has 0 radical (unpaired) electrons. The molecule has 31 heavy (non-hydrogen) atoms. The Morgan fingerprint density at radius 2 is 1.94 bits per heavy atom. The van der Waals surface area contributed by atoms with Gasteiger partial charge in [0.15, 0.2) is 0 Å². The first-order valence-electron chi connectivity index (χ1n) is 11.5. The summed E-state index contributed by atoms with van der Waals surface area (Å²) in [5.41, 5.74) is 5.62. The molecule has 1 heterocycles. The summed E-state index contributed by atoms with van der Waals surface area (Å²) in [7, 11) is 0. The first-order chi connectivity index (χ1) is 14.9. The van der Waals surface area contributed by atoms with Crippen molar-refractivity contribution in [3.05, 3.63) is 76.9 Å². The second-order valence-corrected chi connectivity index (χ2v) is 9.50. The van der Waals surface area contributed by atoms with Gasteiger partial charge in [-0.25, -0.2) is 9.37 Å². The summed E-state index contributed by atoms with van der Waals surface area (Å²) < 4.78 is 13.9. The Hall–Kier alpha value is -2.46. The molecule has 2 N–H and O–H groups in total. The highest BCUT2D eigenvalue weighted by Gasteiger charge is 2.32. The molecule has 1 aliphatic rings. The number of H-pyrrole nitrogens is 1. The lowest BCUT2D eigenvalue weighted by Gasteiger charge is -2.37. The third-order valence-electron chi connectivity index (χ3n) is 6.94. The number of aromatic amines is 1. The summed E-state index contributed by atoms with van der Waals surface area (Å²) in [5, 5.41) is 3.50. The van der Waals surface area contributed by atoms with Gasteiger partial charge in [0.05, 0.1) is 11.0 Å². The zero-order valence-corrected chi connectivity index (χ0v) is 19.1. The second-order valence-electron chi connectivity index (χ2n) is 9.50. The Bertz CT molecular complexity index is 1070. The van der Waals surface area contributed by atoms with Crippen LogP contribution in [0.1, 0.15) is 44.1 Å². The zero-order chi connectivity index (χ0) is 22.0. The number of allylic oxidation sites excluding steroid dienone is 1. The maximum atomic E-state index is 13.9. The predicted octanol–water partition coefficient (Wildman–Crippen LogP) is 6.20. The van der Waals surface area contributed by atoms with Gasteiger partial charge in [-0.1, -0.05) is 55.8 Å². The standard InChI is InChI=1S/C27H34FN3/c1-17(2)23-13-21(14-26-30-25-11-7-8-18(3)27(25)31-26)19(4)12-22(23)16-29-15-20-9-5-6-10-24(20)28/h5-12,17,21-23,29H,13-16H2,1-4H3,(H,30,31)/t21-,22-,23-/m0/s1. The molecule has 0 fully saturated rings. The molecular formula is C27H34FN3. The molecule has 1 aromatic heterocycles. The topological polar surface area (TPSA) is 40.7 Å². The highest BCUT2D eigenvalue weighted by Crippen LogP contribution is 2.38. The highest BCUT2D eigenvalue weighted by molar-refractivity contribution is 5.78. The van der Waals surface area contributed by atoms with Crippen LogP contribution in [0.3, 0.4) is 0 Å². The number of nitrogens with one attached hydrogen (secondary N) is 2. The van der Waals surface area contributed by atoms with E-state index in [0.29, 0.717) is 30.2 Å².